The molecule has 0 aromatic heterocycles. The van der Waals surface area contributed by atoms with Gasteiger partial charge in [0.25, 0.3) is 5.91 Å². The van der Waals surface area contributed by atoms with Crippen molar-refractivity contribution in [3.8, 4) is 0 Å². The number of fused-ring (bicyclic) bond motifs is 1. The second kappa shape index (κ2) is 11.0. The highest BCUT2D eigenvalue weighted by atomic mass is 79.9. The summed E-state index contributed by atoms with van der Waals surface area (Å²) < 4.78 is 6.13. The maximum Gasteiger partial charge on any atom is 0.316 e. The standard InChI is InChI=1S/C24H23BrClNO3S/c1-3-15-7-5-8-16(4-2)24(15)27-21(28)13-30-22(29)14-31-20-12-11-18(25)17-9-6-10-19(26)23(17)20/h5-12H,3-4,13-14H2,1-2H3,(H,27,28). The SMILES string of the molecule is CCc1cccc(CC)c1NC(=O)COC(=O)CSc1ccc(Br)c2cccc(Cl)c12. The summed E-state index contributed by atoms with van der Waals surface area (Å²) in [4.78, 5) is 25.5. The Bertz CT molecular complexity index is 1100. The molecule has 162 valence electrons. The first kappa shape index (κ1) is 23.6. The average Bonchev–Trinajstić information content (AvgIpc) is 2.77. The normalized spacial score (nSPS) is 10.8. The van der Waals surface area contributed by atoms with Crippen LogP contribution >= 0.6 is 39.3 Å². The van der Waals surface area contributed by atoms with Crippen molar-refractivity contribution >= 4 is 67.6 Å². The van der Waals surface area contributed by atoms with E-state index in [1.807, 2.05) is 62.4 Å². The van der Waals surface area contributed by atoms with Crippen molar-refractivity contribution < 1.29 is 14.3 Å². The molecule has 0 saturated heterocycles. The fourth-order valence-corrected chi connectivity index (χ4v) is 5.00. The molecule has 3 aromatic carbocycles. The van der Waals surface area contributed by atoms with Crippen LogP contribution in [0.15, 0.2) is 57.9 Å². The maximum absolute atomic E-state index is 12.4. The minimum atomic E-state index is -0.456. The summed E-state index contributed by atoms with van der Waals surface area (Å²) in [6, 6.07) is 15.5. The quantitative estimate of drug-likeness (QED) is 0.267. The van der Waals surface area contributed by atoms with Crippen LogP contribution in [0.25, 0.3) is 10.8 Å². The van der Waals surface area contributed by atoms with Crippen molar-refractivity contribution in [1.82, 2.24) is 0 Å². The predicted molar refractivity (Wildman–Crippen MR) is 132 cm³/mol. The molecule has 0 aliphatic heterocycles. The number of nitrogens with one attached hydrogen (secondary N) is 1. The summed E-state index contributed by atoms with van der Waals surface area (Å²) in [6.45, 7) is 3.77. The molecule has 31 heavy (non-hydrogen) atoms. The topological polar surface area (TPSA) is 55.4 Å². The number of esters is 1. The molecule has 3 rings (SSSR count). The summed E-state index contributed by atoms with van der Waals surface area (Å²) in [7, 11) is 0. The molecule has 0 radical (unpaired) electrons. The Hall–Kier alpha value is -2.02. The smallest absolute Gasteiger partial charge is 0.316 e. The third-order valence-electron chi connectivity index (χ3n) is 4.87. The van der Waals surface area contributed by atoms with Crippen molar-refractivity contribution in [2.75, 3.05) is 17.7 Å². The van der Waals surface area contributed by atoms with Crippen LogP contribution in [-0.4, -0.2) is 24.2 Å². The Kier molecular flexibility index (Phi) is 8.41. The molecule has 0 aliphatic rings. The molecule has 7 heteroatoms. The zero-order valence-electron chi connectivity index (χ0n) is 17.3. The van der Waals surface area contributed by atoms with Gasteiger partial charge in [0.05, 0.1) is 5.75 Å². The highest BCUT2D eigenvalue weighted by Gasteiger charge is 2.14. The Morgan fingerprint density at radius 1 is 1.03 bits per heavy atom. The van der Waals surface area contributed by atoms with Crippen LogP contribution in [-0.2, 0) is 27.2 Å². The van der Waals surface area contributed by atoms with Crippen LogP contribution in [0.4, 0.5) is 5.69 Å². The molecule has 4 nitrogen and oxygen atoms in total. The van der Waals surface area contributed by atoms with Gasteiger partial charge < -0.3 is 10.1 Å². The number of anilines is 1. The number of rotatable bonds is 8. The molecule has 0 spiro atoms. The van der Waals surface area contributed by atoms with Gasteiger partial charge in [0.1, 0.15) is 0 Å². The number of hydrogen-bond acceptors (Lipinski definition) is 4. The molecule has 0 unspecified atom stereocenters. The minimum absolute atomic E-state index is 0.0843. The Morgan fingerprint density at radius 3 is 2.39 bits per heavy atom. The van der Waals surface area contributed by atoms with E-state index in [-0.39, 0.29) is 18.3 Å². The Labute approximate surface area is 199 Å². The summed E-state index contributed by atoms with van der Waals surface area (Å²) in [5.74, 6) is -0.713. The van der Waals surface area contributed by atoms with Crippen molar-refractivity contribution in [2.45, 2.75) is 31.6 Å². The summed E-state index contributed by atoms with van der Waals surface area (Å²) in [5.41, 5.74) is 2.95. The molecule has 0 atom stereocenters. The molecule has 1 N–H and O–H groups in total. The summed E-state index contributed by atoms with van der Waals surface area (Å²) in [6.07, 6.45) is 1.62. The van der Waals surface area contributed by atoms with E-state index in [0.29, 0.717) is 5.02 Å². The molecule has 0 fully saturated rings. The van der Waals surface area contributed by atoms with Gasteiger partial charge in [0.15, 0.2) is 6.61 Å². The first-order chi connectivity index (χ1) is 14.9. The fraction of sp³-hybridized carbons (Fsp3) is 0.250. The maximum atomic E-state index is 12.4. The van der Waals surface area contributed by atoms with Crippen LogP contribution in [0.1, 0.15) is 25.0 Å². The van der Waals surface area contributed by atoms with E-state index in [4.69, 9.17) is 16.3 Å². The highest BCUT2D eigenvalue weighted by Crippen LogP contribution is 2.37. The van der Waals surface area contributed by atoms with Gasteiger partial charge in [-0.1, -0.05) is 71.7 Å². The first-order valence-corrected chi connectivity index (χ1v) is 12.2. The predicted octanol–water partition coefficient (Wildman–Crippen LogP) is 6.65. The van der Waals surface area contributed by atoms with Gasteiger partial charge in [-0.25, -0.2) is 0 Å². The Morgan fingerprint density at radius 2 is 1.71 bits per heavy atom. The molecule has 0 bridgehead atoms. The zero-order chi connectivity index (χ0) is 22.4. The second-order valence-corrected chi connectivity index (χ2v) is 9.14. The van der Waals surface area contributed by atoms with Crippen LogP contribution in [0.3, 0.4) is 0 Å². The van der Waals surface area contributed by atoms with Gasteiger partial charge in [-0.15, -0.1) is 11.8 Å². The molecule has 0 heterocycles. The van der Waals surface area contributed by atoms with Gasteiger partial charge in [0.2, 0.25) is 0 Å². The third kappa shape index (κ3) is 5.82. The fourth-order valence-electron chi connectivity index (χ4n) is 3.32. The van der Waals surface area contributed by atoms with E-state index in [0.717, 1.165) is 49.8 Å². The van der Waals surface area contributed by atoms with Gasteiger partial charge in [-0.2, -0.15) is 0 Å². The summed E-state index contributed by atoms with van der Waals surface area (Å²) >= 11 is 11.2. The number of thioether (sulfide) groups is 1. The van der Waals surface area contributed by atoms with E-state index < -0.39 is 5.97 Å². The number of halogens is 2. The van der Waals surface area contributed by atoms with Crippen LogP contribution < -0.4 is 5.32 Å². The van der Waals surface area contributed by atoms with Gasteiger partial charge in [-0.3, -0.25) is 9.59 Å². The van der Waals surface area contributed by atoms with Crippen molar-refractivity contribution in [3.05, 3.63) is 69.2 Å². The minimum Gasteiger partial charge on any atom is -0.455 e. The number of hydrogen-bond donors (Lipinski definition) is 1. The second-order valence-electron chi connectivity index (χ2n) is 6.86. The lowest BCUT2D eigenvalue weighted by atomic mass is 10.0. The van der Waals surface area contributed by atoms with Gasteiger partial charge in [0, 0.05) is 25.5 Å². The number of aryl methyl sites for hydroxylation is 2. The van der Waals surface area contributed by atoms with E-state index in [9.17, 15) is 9.59 Å². The number of ether oxygens (including phenoxy) is 1. The largest absolute Gasteiger partial charge is 0.455 e. The molecule has 0 saturated carbocycles. The molecular formula is C24H23BrClNO3S. The lowest BCUT2D eigenvalue weighted by molar-refractivity contribution is -0.144. The first-order valence-electron chi connectivity index (χ1n) is 10.00. The van der Waals surface area contributed by atoms with Crippen molar-refractivity contribution in [1.29, 1.82) is 0 Å². The number of amides is 1. The monoisotopic (exact) mass is 519 g/mol. The van der Waals surface area contributed by atoms with Crippen LogP contribution in [0, 0.1) is 0 Å². The molecular weight excluding hydrogens is 498 g/mol. The van der Waals surface area contributed by atoms with Gasteiger partial charge in [-0.05, 0) is 47.6 Å². The summed E-state index contributed by atoms with van der Waals surface area (Å²) in [5, 5.41) is 5.39. The van der Waals surface area contributed by atoms with E-state index in [1.54, 1.807) is 0 Å². The third-order valence-corrected chi connectivity index (χ3v) is 6.91. The van der Waals surface area contributed by atoms with E-state index in [2.05, 4.69) is 21.2 Å². The zero-order valence-corrected chi connectivity index (χ0v) is 20.5. The number of para-hydroxylation sites is 1. The Balaban J connectivity index is 1.59. The number of carbonyl (C=O) groups is 2. The number of carbonyl (C=O) groups excluding carboxylic acids is 2. The molecule has 1 amide bonds. The number of benzene rings is 3. The van der Waals surface area contributed by atoms with Gasteiger partial charge >= 0.3 is 5.97 Å². The molecule has 0 aliphatic carbocycles. The van der Waals surface area contributed by atoms with E-state index in [1.165, 1.54) is 11.8 Å². The lowest BCUT2D eigenvalue weighted by Gasteiger charge is -2.14. The average molecular weight is 521 g/mol. The highest BCUT2D eigenvalue weighted by molar-refractivity contribution is 9.10. The van der Waals surface area contributed by atoms with Crippen molar-refractivity contribution in [2.24, 2.45) is 0 Å². The lowest BCUT2D eigenvalue weighted by Crippen LogP contribution is -2.23. The molecule has 3 aromatic rings. The van der Waals surface area contributed by atoms with Crippen molar-refractivity contribution in [3.63, 3.8) is 0 Å². The van der Waals surface area contributed by atoms with Crippen LogP contribution in [0.2, 0.25) is 5.02 Å². The van der Waals surface area contributed by atoms with E-state index >= 15 is 0 Å². The van der Waals surface area contributed by atoms with Crippen LogP contribution in [0.5, 0.6) is 0 Å².